The molecule has 0 aliphatic carbocycles. The Bertz CT molecular complexity index is 818. The van der Waals surface area contributed by atoms with E-state index in [1.165, 1.54) is 64.4 Å². The maximum Gasteiger partial charge on any atom is 0.0487 e. The van der Waals surface area contributed by atoms with Gasteiger partial charge in [-0.2, -0.15) is 0 Å². The van der Waals surface area contributed by atoms with E-state index in [1.54, 1.807) is 0 Å². The molecule has 0 saturated carbocycles. The summed E-state index contributed by atoms with van der Waals surface area (Å²) in [7, 11) is 0. The monoisotopic (exact) mass is 428 g/mol. The van der Waals surface area contributed by atoms with Crippen molar-refractivity contribution in [1.29, 1.82) is 0 Å². The molecule has 1 aliphatic heterocycles. The first-order chi connectivity index (χ1) is 13.0. The zero-order chi connectivity index (χ0) is 19.2. The van der Waals surface area contributed by atoms with Crippen LogP contribution in [0.5, 0.6) is 0 Å². The maximum absolute atomic E-state index is 3.66. The first kappa shape index (κ1) is 20.4. The van der Waals surface area contributed by atoms with Gasteiger partial charge in [-0.1, -0.05) is 45.6 Å². The van der Waals surface area contributed by atoms with Crippen molar-refractivity contribution in [3.05, 3.63) is 57.7 Å². The molecule has 0 bridgehead atoms. The highest BCUT2D eigenvalue weighted by Gasteiger charge is 2.14. The molecule has 2 aromatic rings. The van der Waals surface area contributed by atoms with Crippen molar-refractivity contribution in [2.45, 2.75) is 66.0 Å². The number of halogens is 1. The van der Waals surface area contributed by atoms with Crippen molar-refractivity contribution in [2.24, 2.45) is 0 Å². The van der Waals surface area contributed by atoms with Gasteiger partial charge in [0.25, 0.3) is 0 Å². The Kier molecular flexibility index (Phi) is 7.37. The molecule has 146 valence electrons. The lowest BCUT2D eigenvalue weighted by molar-refractivity contribution is 0.221. The highest BCUT2D eigenvalue weighted by atomic mass is 79.9. The summed E-state index contributed by atoms with van der Waals surface area (Å²) in [6, 6.07) is 6.71. The van der Waals surface area contributed by atoms with Crippen molar-refractivity contribution in [3.8, 4) is 0 Å². The van der Waals surface area contributed by atoms with E-state index in [2.05, 4.69) is 82.7 Å². The van der Waals surface area contributed by atoms with Gasteiger partial charge in [0.2, 0.25) is 0 Å². The van der Waals surface area contributed by atoms with Gasteiger partial charge in [-0.05, 0) is 83.3 Å². The molecule has 3 rings (SSSR count). The van der Waals surface area contributed by atoms with E-state index in [9.17, 15) is 0 Å². The van der Waals surface area contributed by atoms with Gasteiger partial charge in [0.05, 0.1) is 0 Å². The summed E-state index contributed by atoms with van der Waals surface area (Å²) < 4.78 is 3.59. The molecule has 0 amide bonds. The van der Waals surface area contributed by atoms with Gasteiger partial charge in [0, 0.05) is 34.7 Å². The Morgan fingerprint density at radius 1 is 1.07 bits per heavy atom. The van der Waals surface area contributed by atoms with E-state index in [4.69, 9.17) is 0 Å². The van der Waals surface area contributed by atoms with Gasteiger partial charge in [0.1, 0.15) is 0 Å². The van der Waals surface area contributed by atoms with Crippen LogP contribution in [0, 0.1) is 0 Å². The fraction of sp³-hybridized carbons (Fsp3) is 0.500. The molecule has 1 saturated heterocycles. The largest absolute Gasteiger partial charge is 0.343 e. The molecule has 27 heavy (non-hydrogen) atoms. The van der Waals surface area contributed by atoms with Crippen molar-refractivity contribution in [1.82, 2.24) is 9.47 Å². The van der Waals surface area contributed by atoms with Crippen LogP contribution in [-0.2, 0) is 13.1 Å². The van der Waals surface area contributed by atoms with Crippen LogP contribution in [0.25, 0.3) is 10.9 Å². The molecule has 2 nitrogen and oxygen atoms in total. The first-order valence-electron chi connectivity index (χ1n) is 10.3. The van der Waals surface area contributed by atoms with E-state index in [0.29, 0.717) is 0 Å². The van der Waals surface area contributed by atoms with E-state index in [0.717, 1.165) is 25.9 Å². The third-order valence-electron chi connectivity index (χ3n) is 5.50. The molecule has 0 spiro atoms. The molecule has 0 N–H and O–H groups in total. The Balaban J connectivity index is 1.77. The molecular formula is C24H33BrN2. The quantitative estimate of drug-likeness (QED) is 0.427. The van der Waals surface area contributed by atoms with E-state index < -0.39 is 0 Å². The zero-order valence-electron chi connectivity index (χ0n) is 17.1. The second-order valence-corrected chi connectivity index (χ2v) is 9.09. The van der Waals surface area contributed by atoms with Crippen LogP contribution < -0.4 is 0 Å². The van der Waals surface area contributed by atoms with Gasteiger partial charge < -0.3 is 4.57 Å². The van der Waals surface area contributed by atoms with Gasteiger partial charge in [-0.15, -0.1) is 0 Å². The van der Waals surface area contributed by atoms with Gasteiger partial charge >= 0.3 is 0 Å². The van der Waals surface area contributed by atoms with Gasteiger partial charge in [-0.25, -0.2) is 0 Å². The molecule has 1 aromatic heterocycles. The number of likely N-dealkylation sites (tertiary alicyclic amines) is 1. The molecule has 1 aliphatic rings. The number of rotatable bonds is 7. The number of hydrogen-bond acceptors (Lipinski definition) is 1. The fourth-order valence-electron chi connectivity index (χ4n) is 3.92. The third-order valence-corrected chi connectivity index (χ3v) is 5.99. The first-order valence-corrected chi connectivity index (χ1v) is 11.1. The standard InChI is InChI=1S/C24H33BrN2/c1-19(2)8-7-9-20(3)12-15-27-18-21(17-26-13-5-4-6-14-26)23-16-22(25)10-11-24(23)27/h8,10-12,16,18H,4-7,9,13-15,17H2,1-3H3/b20-12+. The number of hydrogen-bond donors (Lipinski definition) is 0. The summed E-state index contributed by atoms with van der Waals surface area (Å²) in [4.78, 5) is 2.62. The Labute approximate surface area is 173 Å². The molecule has 0 atom stereocenters. The lowest BCUT2D eigenvalue weighted by atomic mass is 10.1. The number of aromatic nitrogens is 1. The highest BCUT2D eigenvalue weighted by Crippen LogP contribution is 2.27. The van der Waals surface area contributed by atoms with E-state index in [-0.39, 0.29) is 0 Å². The lowest BCUT2D eigenvalue weighted by Crippen LogP contribution is -2.28. The molecular weight excluding hydrogens is 396 g/mol. The normalized spacial score (nSPS) is 16.1. The van der Waals surface area contributed by atoms with Crippen molar-refractivity contribution in [3.63, 3.8) is 0 Å². The molecule has 1 fully saturated rings. The number of benzene rings is 1. The SMILES string of the molecule is CC(C)=CCC/C(C)=C/Cn1cc(CN2CCCCC2)c2cc(Br)ccc21. The van der Waals surface area contributed by atoms with Gasteiger partial charge in [-0.3, -0.25) is 4.90 Å². The average Bonchev–Trinajstić information content (AvgIpc) is 2.97. The summed E-state index contributed by atoms with van der Waals surface area (Å²) in [5, 5.41) is 1.39. The summed E-state index contributed by atoms with van der Waals surface area (Å²) in [5.41, 5.74) is 5.69. The predicted octanol–water partition coefficient (Wildman–Crippen LogP) is 7.08. The second-order valence-electron chi connectivity index (χ2n) is 8.18. The number of nitrogens with zero attached hydrogens (tertiary/aromatic N) is 2. The predicted molar refractivity (Wildman–Crippen MR) is 121 cm³/mol. The smallest absolute Gasteiger partial charge is 0.0487 e. The van der Waals surface area contributed by atoms with Crippen LogP contribution in [-0.4, -0.2) is 22.6 Å². The summed E-state index contributed by atoms with van der Waals surface area (Å²) in [5.74, 6) is 0. The van der Waals surface area contributed by atoms with Crippen LogP contribution in [0.2, 0.25) is 0 Å². The lowest BCUT2D eigenvalue weighted by Gasteiger charge is -2.26. The topological polar surface area (TPSA) is 8.17 Å². The minimum atomic E-state index is 0.957. The fourth-order valence-corrected chi connectivity index (χ4v) is 4.28. The highest BCUT2D eigenvalue weighted by molar-refractivity contribution is 9.10. The number of allylic oxidation sites excluding steroid dienone is 4. The van der Waals surface area contributed by atoms with Crippen LogP contribution in [0.4, 0.5) is 0 Å². The summed E-state index contributed by atoms with van der Waals surface area (Å²) >= 11 is 3.66. The molecule has 1 aromatic carbocycles. The minimum absolute atomic E-state index is 0.957. The number of fused-ring (bicyclic) bond motifs is 1. The third kappa shape index (κ3) is 5.83. The Hall–Kier alpha value is -1.32. The Morgan fingerprint density at radius 3 is 2.59 bits per heavy atom. The molecule has 0 unspecified atom stereocenters. The molecule has 2 heterocycles. The Morgan fingerprint density at radius 2 is 1.85 bits per heavy atom. The summed E-state index contributed by atoms with van der Waals surface area (Å²) in [6.45, 7) is 11.1. The second kappa shape index (κ2) is 9.75. The summed E-state index contributed by atoms with van der Waals surface area (Å²) in [6.07, 6.45) is 13.5. The van der Waals surface area contributed by atoms with Crippen molar-refractivity contribution >= 4 is 26.8 Å². The zero-order valence-corrected chi connectivity index (χ0v) is 18.7. The molecule has 0 radical (unpaired) electrons. The minimum Gasteiger partial charge on any atom is -0.343 e. The average molecular weight is 429 g/mol. The van der Waals surface area contributed by atoms with Crippen LogP contribution in [0.15, 0.2) is 52.2 Å². The van der Waals surface area contributed by atoms with E-state index in [1.807, 2.05) is 0 Å². The van der Waals surface area contributed by atoms with Crippen LogP contribution in [0.1, 0.15) is 58.4 Å². The van der Waals surface area contributed by atoms with Gasteiger partial charge in [0.15, 0.2) is 0 Å². The van der Waals surface area contributed by atoms with Crippen LogP contribution in [0.3, 0.4) is 0 Å². The molecule has 3 heteroatoms. The maximum atomic E-state index is 3.66. The van der Waals surface area contributed by atoms with Crippen molar-refractivity contribution < 1.29 is 0 Å². The van der Waals surface area contributed by atoms with E-state index >= 15 is 0 Å². The van der Waals surface area contributed by atoms with Crippen LogP contribution >= 0.6 is 15.9 Å². The van der Waals surface area contributed by atoms with Crippen molar-refractivity contribution in [2.75, 3.05) is 13.1 Å². The number of piperidine rings is 1.